The van der Waals surface area contributed by atoms with Crippen LogP contribution in [0.15, 0.2) is 17.0 Å². The quantitative estimate of drug-likeness (QED) is 0.801. The van der Waals surface area contributed by atoms with E-state index in [0.29, 0.717) is 11.7 Å². The number of imidazole rings is 1. The average Bonchev–Trinajstić information content (AvgIpc) is 2.43. The van der Waals surface area contributed by atoms with Gasteiger partial charge in [-0.25, -0.2) is 9.97 Å². The van der Waals surface area contributed by atoms with Crippen LogP contribution >= 0.6 is 15.9 Å². The first kappa shape index (κ1) is 9.11. The van der Waals surface area contributed by atoms with Gasteiger partial charge < -0.3 is 11.1 Å². The van der Waals surface area contributed by atoms with E-state index in [0.717, 1.165) is 29.0 Å². The van der Waals surface area contributed by atoms with Crippen molar-refractivity contribution in [3.05, 3.63) is 22.8 Å². The highest BCUT2D eigenvalue weighted by Gasteiger charge is 2.25. The first-order chi connectivity index (χ1) is 7.27. The Bertz CT molecular complexity index is 516. The molecule has 1 saturated heterocycles. The summed E-state index contributed by atoms with van der Waals surface area (Å²) >= 11 is 3.42. The fourth-order valence-electron chi connectivity index (χ4n) is 1.80. The minimum Gasteiger partial charge on any atom is -0.382 e. The van der Waals surface area contributed by atoms with Gasteiger partial charge in [-0.15, -0.1) is 0 Å². The maximum atomic E-state index is 5.81. The second-order valence-electron chi connectivity index (χ2n) is 3.65. The Morgan fingerprint density at radius 1 is 1.53 bits per heavy atom. The molecule has 0 amide bonds. The maximum Gasteiger partial charge on any atom is 0.150 e. The Morgan fingerprint density at radius 3 is 3.00 bits per heavy atom. The third-order valence-electron chi connectivity index (χ3n) is 2.71. The predicted molar refractivity (Wildman–Crippen MR) is 60.7 cm³/mol. The number of aromatic nitrogens is 3. The van der Waals surface area contributed by atoms with Gasteiger partial charge in [0.2, 0.25) is 0 Å². The lowest BCUT2D eigenvalue weighted by Gasteiger charge is -2.25. The van der Waals surface area contributed by atoms with Crippen molar-refractivity contribution in [1.82, 2.24) is 19.7 Å². The smallest absolute Gasteiger partial charge is 0.150 e. The molecule has 2 aromatic rings. The molecule has 6 heteroatoms. The third-order valence-corrected chi connectivity index (χ3v) is 3.27. The van der Waals surface area contributed by atoms with E-state index in [4.69, 9.17) is 5.73 Å². The van der Waals surface area contributed by atoms with Gasteiger partial charge in [0.25, 0.3) is 0 Å². The number of anilines is 1. The first-order valence-electron chi connectivity index (χ1n) is 4.76. The molecule has 0 bridgehead atoms. The number of fused-ring (bicyclic) bond motifs is 1. The molecule has 0 unspecified atom stereocenters. The topological polar surface area (TPSA) is 68.2 Å². The Kier molecular flexibility index (Phi) is 1.93. The summed E-state index contributed by atoms with van der Waals surface area (Å²) in [6.07, 6.45) is 3.60. The second-order valence-corrected chi connectivity index (χ2v) is 4.40. The standard InChI is InChI=1S/C9H10BrN5/c10-7-6-8(11)13-1-2-15(6)9(14-7)5-3-12-4-5/h1-2,5,12H,3-4H2,(H2,11,13). The number of nitrogens with zero attached hydrogens (tertiary/aromatic N) is 3. The lowest BCUT2D eigenvalue weighted by Crippen LogP contribution is -2.40. The minimum absolute atomic E-state index is 0.477. The molecule has 2 aromatic heterocycles. The van der Waals surface area contributed by atoms with E-state index in [1.807, 2.05) is 10.6 Å². The molecule has 3 heterocycles. The number of hydrogen-bond acceptors (Lipinski definition) is 4. The summed E-state index contributed by atoms with van der Waals surface area (Å²) in [5, 5.41) is 3.23. The van der Waals surface area contributed by atoms with Crippen molar-refractivity contribution >= 4 is 27.3 Å². The highest BCUT2D eigenvalue weighted by atomic mass is 79.9. The van der Waals surface area contributed by atoms with Crippen molar-refractivity contribution in [3.63, 3.8) is 0 Å². The van der Waals surface area contributed by atoms with Crippen molar-refractivity contribution < 1.29 is 0 Å². The van der Waals surface area contributed by atoms with E-state index >= 15 is 0 Å². The van der Waals surface area contributed by atoms with Crippen molar-refractivity contribution in [2.24, 2.45) is 0 Å². The zero-order valence-corrected chi connectivity index (χ0v) is 9.53. The highest BCUT2D eigenvalue weighted by molar-refractivity contribution is 9.10. The Morgan fingerprint density at radius 2 is 2.33 bits per heavy atom. The SMILES string of the molecule is Nc1nccn2c(C3CNC3)nc(Br)c12. The van der Waals surface area contributed by atoms with Crippen LogP contribution in [0, 0.1) is 0 Å². The molecular formula is C9H10BrN5. The summed E-state index contributed by atoms with van der Waals surface area (Å²) in [4.78, 5) is 8.55. The number of rotatable bonds is 1. The Balaban J connectivity index is 2.27. The van der Waals surface area contributed by atoms with Crippen LogP contribution in [0.3, 0.4) is 0 Å². The van der Waals surface area contributed by atoms with Gasteiger partial charge >= 0.3 is 0 Å². The largest absolute Gasteiger partial charge is 0.382 e. The molecule has 0 saturated carbocycles. The predicted octanol–water partition coefficient (Wildman–Crippen LogP) is 0.761. The monoisotopic (exact) mass is 267 g/mol. The van der Waals surface area contributed by atoms with Gasteiger partial charge in [0, 0.05) is 31.4 Å². The molecule has 3 N–H and O–H groups in total. The van der Waals surface area contributed by atoms with E-state index in [2.05, 4.69) is 31.2 Å². The van der Waals surface area contributed by atoms with Crippen LogP contribution in [-0.2, 0) is 0 Å². The van der Waals surface area contributed by atoms with Crippen LogP contribution < -0.4 is 11.1 Å². The van der Waals surface area contributed by atoms with Crippen molar-refractivity contribution in [1.29, 1.82) is 0 Å². The summed E-state index contributed by atoms with van der Waals surface area (Å²) < 4.78 is 2.78. The minimum atomic E-state index is 0.477. The molecule has 0 spiro atoms. The van der Waals surface area contributed by atoms with E-state index < -0.39 is 0 Å². The molecule has 0 aliphatic carbocycles. The maximum absolute atomic E-state index is 5.81. The molecule has 1 fully saturated rings. The molecule has 15 heavy (non-hydrogen) atoms. The summed E-state index contributed by atoms with van der Waals surface area (Å²) in [6.45, 7) is 1.96. The fraction of sp³-hybridized carbons (Fsp3) is 0.333. The lowest BCUT2D eigenvalue weighted by molar-refractivity contribution is 0.428. The summed E-state index contributed by atoms with van der Waals surface area (Å²) in [5.41, 5.74) is 6.67. The van der Waals surface area contributed by atoms with Crippen molar-refractivity contribution in [2.45, 2.75) is 5.92 Å². The molecule has 1 aliphatic heterocycles. The number of nitrogens with one attached hydrogen (secondary N) is 1. The van der Waals surface area contributed by atoms with Gasteiger partial charge in [0.15, 0.2) is 5.82 Å². The number of nitrogens with two attached hydrogens (primary N) is 1. The molecule has 0 radical (unpaired) electrons. The highest BCUT2D eigenvalue weighted by Crippen LogP contribution is 2.27. The van der Waals surface area contributed by atoms with Crippen LogP contribution in [0.5, 0.6) is 0 Å². The van der Waals surface area contributed by atoms with Crippen molar-refractivity contribution in [3.8, 4) is 0 Å². The van der Waals surface area contributed by atoms with Crippen LogP contribution in [0.4, 0.5) is 5.82 Å². The zero-order valence-electron chi connectivity index (χ0n) is 7.94. The number of nitrogen functional groups attached to an aromatic ring is 1. The molecule has 78 valence electrons. The molecule has 5 nitrogen and oxygen atoms in total. The Labute approximate surface area is 94.8 Å². The molecular weight excluding hydrogens is 258 g/mol. The molecule has 3 rings (SSSR count). The molecule has 1 aliphatic rings. The second kappa shape index (κ2) is 3.18. The average molecular weight is 268 g/mol. The molecule has 0 atom stereocenters. The summed E-state index contributed by atoms with van der Waals surface area (Å²) in [6, 6.07) is 0. The molecule has 0 aromatic carbocycles. The normalized spacial score (nSPS) is 16.9. The van der Waals surface area contributed by atoms with E-state index in [9.17, 15) is 0 Å². The first-order valence-corrected chi connectivity index (χ1v) is 5.55. The van der Waals surface area contributed by atoms with Crippen LogP contribution in [0.25, 0.3) is 5.52 Å². The van der Waals surface area contributed by atoms with Gasteiger partial charge in [-0.3, -0.25) is 4.40 Å². The number of hydrogen-bond donors (Lipinski definition) is 2. The van der Waals surface area contributed by atoms with Gasteiger partial charge in [-0.2, -0.15) is 0 Å². The zero-order chi connectivity index (χ0) is 10.4. The summed E-state index contributed by atoms with van der Waals surface area (Å²) in [7, 11) is 0. The van der Waals surface area contributed by atoms with Gasteiger partial charge in [0.1, 0.15) is 15.9 Å². The van der Waals surface area contributed by atoms with Crippen molar-refractivity contribution in [2.75, 3.05) is 18.8 Å². The van der Waals surface area contributed by atoms with Gasteiger partial charge in [-0.1, -0.05) is 0 Å². The van der Waals surface area contributed by atoms with Crippen LogP contribution in [0.1, 0.15) is 11.7 Å². The van der Waals surface area contributed by atoms with E-state index in [1.54, 1.807) is 6.20 Å². The van der Waals surface area contributed by atoms with E-state index in [-0.39, 0.29) is 0 Å². The van der Waals surface area contributed by atoms with E-state index in [1.165, 1.54) is 0 Å². The number of halogens is 1. The van der Waals surface area contributed by atoms with Gasteiger partial charge in [0.05, 0.1) is 0 Å². The fourth-order valence-corrected chi connectivity index (χ4v) is 2.38. The Hall–Kier alpha value is -1.14. The summed E-state index contributed by atoms with van der Waals surface area (Å²) in [5.74, 6) is 2.03. The third kappa shape index (κ3) is 1.25. The van der Waals surface area contributed by atoms with Crippen LogP contribution in [0.2, 0.25) is 0 Å². The lowest BCUT2D eigenvalue weighted by atomic mass is 10.0. The van der Waals surface area contributed by atoms with Gasteiger partial charge in [-0.05, 0) is 15.9 Å². The van der Waals surface area contributed by atoms with Crippen LogP contribution in [-0.4, -0.2) is 27.5 Å².